The van der Waals surface area contributed by atoms with Gasteiger partial charge >= 0.3 is 11.7 Å². The van der Waals surface area contributed by atoms with Crippen molar-refractivity contribution in [2.75, 3.05) is 39.4 Å². The van der Waals surface area contributed by atoms with E-state index in [1.54, 1.807) is 12.1 Å². The quantitative estimate of drug-likeness (QED) is 0.488. The average molecular weight is 472 g/mol. The van der Waals surface area contributed by atoms with E-state index in [0.29, 0.717) is 30.9 Å². The summed E-state index contributed by atoms with van der Waals surface area (Å²) in [5.74, 6) is -1.53. The highest BCUT2D eigenvalue weighted by Gasteiger charge is 2.26. The van der Waals surface area contributed by atoms with Gasteiger partial charge in [0.25, 0.3) is 0 Å². The van der Waals surface area contributed by atoms with Gasteiger partial charge in [-0.3, -0.25) is 4.79 Å². The molecule has 1 saturated heterocycles. The minimum atomic E-state index is -0.927. The van der Waals surface area contributed by atoms with Crippen molar-refractivity contribution in [1.29, 1.82) is 5.26 Å². The van der Waals surface area contributed by atoms with E-state index in [-0.39, 0.29) is 23.6 Å². The fourth-order valence-corrected chi connectivity index (χ4v) is 3.90. The number of benzene rings is 1. The molecular weight excluding hydrogens is 444 g/mol. The lowest BCUT2D eigenvalue weighted by Crippen LogP contribution is -2.46. The smallest absolute Gasteiger partial charge is 0.441 e. The highest BCUT2D eigenvalue weighted by molar-refractivity contribution is 6.04. The zero-order chi connectivity index (χ0) is 24.5. The fourth-order valence-electron chi connectivity index (χ4n) is 3.90. The van der Waals surface area contributed by atoms with Crippen LogP contribution in [-0.2, 0) is 19.0 Å². The molecule has 2 unspecified atom stereocenters. The van der Waals surface area contributed by atoms with Crippen LogP contribution in [0.3, 0.4) is 0 Å². The van der Waals surface area contributed by atoms with Crippen LogP contribution in [-0.4, -0.2) is 63.0 Å². The summed E-state index contributed by atoms with van der Waals surface area (Å²) in [4.78, 5) is 41.3. The standard InChI is InChI=1S/C23H28N4O7/c1-31-13-15(12-24)25-21(28)18(7-6-14-8-10-33-11-9-14)26-20-16-4-3-5-17(22(29)32-2)19(16)34-23(30)27-20/h3-5,14-15,18H,6-11,13H2,1-2H3,(H,25,28)(H,26,27,30). The number of esters is 1. The minimum Gasteiger partial charge on any atom is -0.465 e. The Morgan fingerprint density at radius 3 is 2.74 bits per heavy atom. The van der Waals surface area contributed by atoms with Crippen molar-refractivity contribution in [2.45, 2.75) is 37.8 Å². The molecule has 2 heterocycles. The van der Waals surface area contributed by atoms with Crippen molar-refractivity contribution in [2.24, 2.45) is 5.92 Å². The second-order valence-corrected chi connectivity index (χ2v) is 7.98. The molecule has 0 bridgehead atoms. The van der Waals surface area contributed by atoms with E-state index in [0.717, 1.165) is 19.3 Å². The molecule has 182 valence electrons. The van der Waals surface area contributed by atoms with Gasteiger partial charge in [-0.25, -0.2) is 9.59 Å². The highest BCUT2D eigenvalue weighted by Crippen LogP contribution is 2.26. The summed E-state index contributed by atoms with van der Waals surface area (Å²) in [6.07, 6.45) is 2.97. The lowest BCUT2D eigenvalue weighted by molar-refractivity contribution is -0.122. The predicted octanol–water partition coefficient (Wildman–Crippen LogP) is 1.62. The van der Waals surface area contributed by atoms with Crippen LogP contribution in [0.2, 0.25) is 0 Å². The van der Waals surface area contributed by atoms with Gasteiger partial charge in [-0.2, -0.15) is 10.2 Å². The molecule has 1 amide bonds. The Balaban J connectivity index is 1.91. The number of amides is 1. The van der Waals surface area contributed by atoms with Crippen LogP contribution in [0.15, 0.2) is 27.4 Å². The third kappa shape index (κ3) is 6.30. The minimum absolute atomic E-state index is 0.00900. The average Bonchev–Trinajstić information content (AvgIpc) is 2.85. The number of nitrogens with one attached hydrogen (secondary N) is 2. The number of hydrogen-bond donors (Lipinski definition) is 2. The molecule has 0 spiro atoms. The Bertz CT molecular complexity index is 1100. The second kappa shape index (κ2) is 12.1. The molecule has 11 heteroatoms. The van der Waals surface area contributed by atoms with Gasteiger partial charge in [0, 0.05) is 20.3 Å². The van der Waals surface area contributed by atoms with Gasteiger partial charge in [-0.05, 0) is 43.7 Å². The summed E-state index contributed by atoms with van der Waals surface area (Å²) >= 11 is 0. The number of nitrogens with zero attached hydrogens (tertiary/aromatic N) is 2. The molecule has 2 atom stereocenters. The zero-order valence-electron chi connectivity index (χ0n) is 19.2. The number of aromatic nitrogens is 1. The maximum Gasteiger partial charge on any atom is 0.441 e. The van der Waals surface area contributed by atoms with Crippen LogP contribution in [0.5, 0.6) is 0 Å². The number of methoxy groups -OCH3 is 2. The molecular formula is C23H28N4O7. The topological polar surface area (TPSA) is 153 Å². The summed E-state index contributed by atoms with van der Waals surface area (Å²) in [6, 6.07) is 5.05. The Labute approximate surface area is 196 Å². The van der Waals surface area contributed by atoms with Gasteiger partial charge in [0.05, 0.1) is 25.2 Å². The number of para-hydroxylation sites is 1. The van der Waals surface area contributed by atoms with Gasteiger partial charge in [-0.1, -0.05) is 6.07 Å². The van der Waals surface area contributed by atoms with E-state index in [2.05, 4.69) is 15.6 Å². The predicted molar refractivity (Wildman–Crippen MR) is 121 cm³/mol. The van der Waals surface area contributed by atoms with Gasteiger partial charge in [0.15, 0.2) is 5.58 Å². The van der Waals surface area contributed by atoms with Crippen LogP contribution in [0, 0.1) is 17.2 Å². The second-order valence-electron chi connectivity index (χ2n) is 7.98. The zero-order valence-corrected chi connectivity index (χ0v) is 19.2. The first-order chi connectivity index (χ1) is 16.5. The van der Waals surface area contributed by atoms with E-state index in [4.69, 9.17) is 18.6 Å². The molecule has 1 aromatic heterocycles. The van der Waals surface area contributed by atoms with Gasteiger partial charge in [0.1, 0.15) is 23.5 Å². The number of carbonyl (C=O) groups excluding carboxylic acids is 2. The monoisotopic (exact) mass is 472 g/mol. The fraction of sp³-hybridized carbons (Fsp3) is 0.522. The van der Waals surface area contributed by atoms with Crippen molar-refractivity contribution in [3.8, 4) is 6.07 Å². The Morgan fingerprint density at radius 2 is 2.06 bits per heavy atom. The maximum atomic E-state index is 13.1. The van der Waals surface area contributed by atoms with Crippen LogP contribution < -0.4 is 16.4 Å². The Morgan fingerprint density at radius 1 is 1.29 bits per heavy atom. The van der Waals surface area contributed by atoms with Crippen LogP contribution in [0.25, 0.3) is 11.0 Å². The number of rotatable bonds is 10. The van der Waals surface area contributed by atoms with Crippen LogP contribution >= 0.6 is 0 Å². The van der Waals surface area contributed by atoms with E-state index < -0.39 is 29.7 Å². The summed E-state index contributed by atoms with van der Waals surface area (Å²) in [7, 11) is 2.66. The van der Waals surface area contributed by atoms with Gasteiger partial charge < -0.3 is 29.3 Å². The van der Waals surface area contributed by atoms with Gasteiger partial charge in [-0.15, -0.1) is 0 Å². The Hall–Kier alpha value is -3.49. The van der Waals surface area contributed by atoms with Crippen molar-refractivity contribution < 1.29 is 28.2 Å². The lowest BCUT2D eigenvalue weighted by atomic mass is 9.92. The molecule has 11 nitrogen and oxygen atoms in total. The van der Waals surface area contributed by atoms with Crippen LogP contribution in [0.1, 0.15) is 36.0 Å². The molecule has 1 fully saturated rings. The number of nitriles is 1. The van der Waals surface area contributed by atoms with Crippen LogP contribution in [0.4, 0.5) is 5.82 Å². The Kier molecular flexibility index (Phi) is 8.95. The number of anilines is 1. The maximum absolute atomic E-state index is 13.1. The van der Waals surface area contributed by atoms with E-state index in [9.17, 15) is 19.6 Å². The van der Waals surface area contributed by atoms with E-state index in [1.165, 1.54) is 20.3 Å². The number of fused-ring (bicyclic) bond motifs is 1. The third-order valence-corrected chi connectivity index (χ3v) is 5.71. The summed E-state index contributed by atoms with van der Waals surface area (Å²) in [5, 5.41) is 15.4. The molecule has 2 N–H and O–H groups in total. The summed E-state index contributed by atoms with van der Waals surface area (Å²) in [6.45, 7) is 1.40. The molecule has 0 saturated carbocycles. The molecule has 34 heavy (non-hydrogen) atoms. The van der Waals surface area contributed by atoms with Crippen molar-refractivity contribution in [3.63, 3.8) is 0 Å². The highest BCUT2D eigenvalue weighted by atomic mass is 16.5. The van der Waals surface area contributed by atoms with Crippen molar-refractivity contribution >= 4 is 28.7 Å². The molecule has 1 aromatic carbocycles. The first kappa shape index (κ1) is 25.1. The molecule has 1 aliphatic heterocycles. The summed E-state index contributed by atoms with van der Waals surface area (Å²) < 4.78 is 20.3. The van der Waals surface area contributed by atoms with E-state index >= 15 is 0 Å². The number of hydrogen-bond acceptors (Lipinski definition) is 10. The van der Waals surface area contributed by atoms with Crippen molar-refractivity contribution in [1.82, 2.24) is 10.3 Å². The molecule has 3 rings (SSSR count). The molecule has 1 aliphatic rings. The summed E-state index contributed by atoms with van der Waals surface area (Å²) in [5.41, 5.74) is 0.0742. The van der Waals surface area contributed by atoms with Crippen molar-refractivity contribution in [3.05, 3.63) is 34.3 Å². The van der Waals surface area contributed by atoms with Gasteiger partial charge in [0.2, 0.25) is 5.91 Å². The normalized spacial score (nSPS) is 15.8. The molecule has 0 radical (unpaired) electrons. The first-order valence-corrected chi connectivity index (χ1v) is 11.0. The third-order valence-electron chi connectivity index (χ3n) is 5.71. The number of ether oxygens (including phenoxy) is 3. The largest absolute Gasteiger partial charge is 0.465 e. The van der Waals surface area contributed by atoms with E-state index in [1.807, 2.05) is 6.07 Å². The molecule has 2 aromatic rings. The first-order valence-electron chi connectivity index (χ1n) is 11.0. The lowest BCUT2D eigenvalue weighted by Gasteiger charge is -2.25. The number of carbonyl (C=O) groups is 2. The molecule has 0 aliphatic carbocycles. The SMILES string of the molecule is COCC(C#N)NC(=O)C(CCC1CCOCC1)Nc1nc(=O)oc2c(C(=O)OC)cccc12.